The van der Waals surface area contributed by atoms with Gasteiger partial charge in [-0.1, -0.05) is 12.1 Å². The monoisotopic (exact) mass is 352 g/mol. The van der Waals surface area contributed by atoms with Crippen molar-refractivity contribution in [2.45, 2.75) is 25.8 Å². The number of likely N-dealkylation sites (tertiary alicyclic amines) is 1. The van der Waals surface area contributed by atoms with Gasteiger partial charge in [-0.05, 0) is 63.2 Å². The van der Waals surface area contributed by atoms with Gasteiger partial charge >= 0.3 is 0 Å². The summed E-state index contributed by atoms with van der Waals surface area (Å²) >= 11 is 0. The lowest BCUT2D eigenvalue weighted by Crippen LogP contribution is -2.34. The van der Waals surface area contributed by atoms with E-state index < -0.39 is 0 Å². The van der Waals surface area contributed by atoms with Crippen molar-refractivity contribution in [3.05, 3.63) is 52.9 Å². The first-order valence-corrected chi connectivity index (χ1v) is 9.32. The third-order valence-corrected chi connectivity index (χ3v) is 5.12. The summed E-state index contributed by atoms with van der Waals surface area (Å²) in [6, 6.07) is 11.3. The third-order valence-electron chi connectivity index (χ3n) is 5.12. The Kier molecular flexibility index (Phi) is 4.75. The summed E-state index contributed by atoms with van der Waals surface area (Å²) in [7, 11) is 0. The van der Waals surface area contributed by atoms with E-state index in [4.69, 9.17) is 0 Å². The molecule has 2 aromatic heterocycles. The van der Waals surface area contributed by atoms with Crippen LogP contribution in [0.25, 0.3) is 16.6 Å². The van der Waals surface area contributed by atoms with Crippen LogP contribution in [-0.4, -0.2) is 46.0 Å². The molecule has 1 fully saturated rings. The molecule has 1 saturated heterocycles. The molecule has 0 spiro atoms. The lowest BCUT2D eigenvalue weighted by Gasteiger charge is -2.15. The molecular formula is C20H24N4O2. The molecular weight excluding hydrogens is 328 g/mol. The molecule has 136 valence electrons. The zero-order valence-electron chi connectivity index (χ0n) is 14.9. The molecule has 3 aromatic rings. The number of rotatable bonds is 6. The van der Waals surface area contributed by atoms with Crippen LogP contribution in [0.5, 0.6) is 0 Å². The number of nitrogens with one attached hydrogen (secondary N) is 1. The maximum atomic E-state index is 12.8. The van der Waals surface area contributed by atoms with Crippen LogP contribution in [-0.2, 0) is 11.3 Å². The quantitative estimate of drug-likeness (QED) is 0.689. The number of aromatic nitrogens is 2. The minimum Gasteiger partial charge on any atom is -0.355 e. The summed E-state index contributed by atoms with van der Waals surface area (Å²) in [6.07, 6.45) is 5.39. The lowest BCUT2D eigenvalue weighted by atomic mass is 10.2. The second-order valence-electron chi connectivity index (χ2n) is 6.90. The van der Waals surface area contributed by atoms with Gasteiger partial charge in [-0.25, -0.2) is 0 Å². The van der Waals surface area contributed by atoms with Gasteiger partial charge in [0.15, 0.2) is 0 Å². The van der Waals surface area contributed by atoms with Crippen LogP contribution in [0.3, 0.4) is 0 Å². The Hall–Kier alpha value is -2.60. The van der Waals surface area contributed by atoms with Crippen molar-refractivity contribution in [1.29, 1.82) is 0 Å². The smallest absolute Gasteiger partial charge is 0.275 e. The first kappa shape index (κ1) is 16.8. The highest BCUT2D eigenvalue weighted by atomic mass is 16.2. The number of carbonyl (C=O) groups is 1. The van der Waals surface area contributed by atoms with Crippen molar-refractivity contribution in [3.8, 4) is 0 Å². The van der Waals surface area contributed by atoms with Gasteiger partial charge in [0.05, 0.1) is 11.0 Å². The van der Waals surface area contributed by atoms with E-state index in [1.165, 1.54) is 25.9 Å². The maximum Gasteiger partial charge on any atom is 0.275 e. The minimum atomic E-state index is -0.138. The van der Waals surface area contributed by atoms with Crippen molar-refractivity contribution >= 4 is 22.5 Å². The highest BCUT2D eigenvalue weighted by molar-refractivity contribution is 5.82. The molecule has 1 amide bonds. The van der Waals surface area contributed by atoms with Gasteiger partial charge in [-0.3, -0.25) is 14.2 Å². The fourth-order valence-electron chi connectivity index (χ4n) is 3.80. The number of fused-ring (bicyclic) bond motifs is 3. The molecule has 6 heteroatoms. The van der Waals surface area contributed by atoms with E-state index in [1.807, 2.05) is 40.9 Å². The highest BCUT2D eigenvalue weighted by Gasteiger charge is 2.13. The van der Waals surface area contributed by atoms with E-state index in [2.05, 4.69) is 10.2 Å². The molecule has 6 nitrogen and oxygen atoms in total. The summed E-state index contributed by atoms with van der Waals surface area (Å²) in [5, 5.41) is 2.96. The Labute approximate surface area is 152 Å². The minimum absolute atomic E-state index is 0.0464. The highest BCUT2D eigenvalue weighted by Crippen LogP contribution is 2.14. The van der Waals surface area contributed by atoms with Gasteiger partial charge in [0.25, 0.3) is 5.56 Å². The average molecular weight is 352 g/mol. The largest absolute Gasteiger partial charge is 0.355 e. The number of hydrogen-bond donors (Lipinski definition) is 1. The number of hydrogen-bond acceptors (Lipinski definition) is 3. The third kappa shape index (κ3) is 3.24. The van der Waals surface area contributed by atoms with Gasteiger partial charge in [-0.15, -0.1) is 0 Å². The molecule has 0 unspecified atom stereocenters. The fraction of sp³-hybridized carbons (Fsp3) is 0.400. The van der Waals surface area contributed by atoms with Crippen LogP contribution in [0, 0.1) is 0 Å². The van der Waals surface area contributed by atoms with E-state index >= 15 is 0 Å². The predicted octanol–water partition coefficient (Wildman–Crippen LogP) is 1.86. The van der Waals surface area contributed by atoms with Gasteiger partial charge in [-0.2, -0.15) is 0 Å². The predicted molar refractivity (Wildman–Crippen MR) is 102 cm³/mol. The SMILES string of the molecule is O=C(Cn1c(=O)c2cccn2c2ccccc21)NCCCN1CCCC1. The van der Waals surface area contributed by atoms with Crippen molar-refractivity contribution in [3.63, 3.8) is 0 Å². The van der Waals surface area contributed by atoms with Gasteiger partial charge in [0.1, 0.15) is 12.1 Å². The molecule has 4 rings (SSSR count). The topological polar surface area (TPSA) is 58.8 Å². The van der Waals surface area contributed by atoms with Crippen LogP contribution < -0.4 is 10.9 Å². The van der Waals surface area contributed by atoms with Gasteiger partial charge in [0, 0.05) is 12.7 Å². The number of nitrogens with zero attached hydrogens (tertiary/aromatic N) is 3. The molecule has 0 saturated carbocycles. The number of carbonyl (C=O) groups excluding carboxylic acids is 1. The number of amides is 1. The summed E-state index contributed by atoms with van der Waals surface area (Å²) < 4.78 is 3.45. The zero-order chi connectivity index (χ0) is 17.9. The fourth-order valence-corrected chi connectivity index (χ4v) is 3.80. The van der Waals surface area contributed by atoms with Crippen molar-refractivity contribution in [1.82, 2.24) is 19.2 Å². The summed E-state index contributed by atoms with van der Waals surface area (Å²) in [6.45, 7) is 4.07. The maximum absolute atomic E-state index is 12.8. The average Bonchev–Trinajstić information content (AvgIpc) is 3.34. The number of para-hydroxylation sites is 2. The molecule has 0 radical (unpaired) electrons. The Balaban J connectivity index is 1.48. The van der Waals surface area contributed by atoms with Crippen LogP contribution in [0.4, 0.5) is 0 Å². The van der Waals surface area contributed by atoms with E-state index in [0.29, 0.717) is 12.1 Å². The molecule has 1 aromatic carbocycles. The standard InChI is InChI=1S/C20H24N4O2/c25-19(21-10-6-13-22-11-3-4-12-22)15-24-17-8-2-1-7-16(17)23-14-5-9-18(23)20(24)26/h1-2,5,7-9,14H,3-4,6,10-13,15H2,(H,21,25). The Morgan fingerprint density at radius 2 is 1.73 bits per heavy atom. The van der Waals surface area contributed by atoms with Crippen LogP contribution in [0.15, 0.2) is 47.4 Å². The van der Waals surface area contributed by atoms with Crippen molar-refractivity contribution in [2.24, 2.45) is 0 Å². The zero-order valence-corrected chi connectivity index (χ0v) is 14.9. The molecule has 26 heavy (non-hydrogen) atoms. The lowest BCUT2D eigenvalue weighted by molar-refractivity contribution is -0.121. The molecule has 1 N–H and O–H groups in total. The molecule has 1 aliphatic rings. The van der Waals surface area contributed by atoms with E-state index in [0.717, 1.165) is 24.0 Å². The summed E-state index contributed by atoms with van der Waals surface area (Å²) in [4.78, 5) is 27.6. The molecule has 3 heterocycles. The summed E-state index contributed by atoms with van der Waals surface area (Å²) in [5.41, 5.74) is 2.15. The van der Waals surface area contributed by atoms with Crippen molar-refractivity contribution in [2.75, 3.05) is 26.2 Å². The van der Waals surface area contributed by atoms with Gasteiger partial charge < -0.3 is 14.6 Å². The van der Waals surface area contributed by atoms with Gasteiger partial charge in [0.2, 0.25) is 5.91 Å². The molecule has 0 bridgehead atoms. The Bertz CT molecular complexity index is 982. The van der Waals surface area contributed by atoms with E-state index in [9.17, 15) is 9.59 Å². The summed E-state index contributed by atoms with van der Waals surface area (Å²) in [5.74, 6) is -0.116. The van der Waals surface area contributed by atoms with Crippen LogP contribution >= 0.6 is 0 Å². The number of benzene rings is 1. The van der Waals surface area contributed by atoms with Crippen LogP contribution in [0.1, 0.15) is 19.3 Å². The Morgan fingerprint density at radius 3 is 2.54 bits per heavy atom. The van der Waals surface area contributed by atoms with Crippen molar-refractivity contribution < 1.29 is 4.79 Å². The molecule has 1 aliphatic heterocycles. The van der Waals surface area contributed by atoms with E-state index in [1.54, 1.807) is 10.6 Å². The first-order valence-electron chi connectivity index (χ1n) is 9.32. The second kappa shape index (κ2) is 7.33. The van der Waals surface area contributed by atoms with E-state index in [-0.39, 0.29) is 18.0 Å². The van der Waals surface area contributed by atoms with Crippen LogP contribution in [0.2, 0.25) is 0 Å². The Morgan fingerprint density at radius 1 is 1.00 bits per heavy atom. The molecule has 0 atom stereocenters. The first-order chi connectivity index (χ1) is 12.7. The second-order valence-corrected chi connectivity index (χ2v) is 6.90. The normalized spacial score (nSPS) is 15.1. The molecule has 0 aliphatic carbocycles.